The Morgan fingerprint density at radius 1 is 1.00 bits per heavy atom. The van der Waals surface area contributed by atoms with Crippen molar-refractivity contribution in [1.29, 1.82) is 0 Å². The van der Waals surface area contributed by atoms with Crippen molar-refractivity contribution in [1.82, 2.24) is 0 Å². The molecule has 0 aliphatic heterocycles. The minimum atomic E-state index is 0.681. The van der Waals surface area contributed by atoms with Gasteiger partial charge in [0.1, 0.15) is 0 Å². The Balaban J connectivity index is 3.22. The summed E-state index contributed by atoms with van der Waals surface area (Å²) in [6.07, 6.45) is 0. The Labute approximate surface area is 73.3 Å². The molecule has 0 aliphatic rings. The van der Waals surface area contributed by atoms with Crippen LogP contribution in [0.3, 0.4) is 0 Å². The zero-order valence-corrected chi connectivity index (χ0v) is 8.80. The van der Waals surface area contributed by atoms with E-state index in [1.54, 1.807) is 5.56 Å². The highest BCUT2D eigenvalue weighted by Crippen LogP contribution is 2.31. The predicted octanol–water partition coefficient (Wildman–Crippen LogP) is 3.80. The number of hydrogen-bond acceptors (Lipinski definition) is 1. The Morgan fingerprint density at radius 2 is 1.55 bits per heavy atom. The van der Waals surface area contributed by atoms with Gasteiger partial charge in [-0.3, -0.25) is 0 Å². The van der Waals surface area contributed by atoms with Crippen molar-refractivity contribution in [3.63, 3.8) is 0 Å². The van der Waals surface area contributed by atoms with Gasteiger partial charge in [-0.1, -0.05) is 13.8 Å². The SMILES string of the molecule is Cc1sc(C)c(C(C)C)c1C. The van der Waals surface area contributed by atoms with Crippen LogP contribution in [0.15, 0.2) is 0 Å². The predicted molar refractivity (Wildman–Crippen MR) is 52.6 cm³/mol. The zero-order valence-electron chi connectivity index (χ0n) is 7.99. The maximum absolute atomic E-state index is 2.27. The second-order valence-electron chi connectivity index (χ2n) is 3.41. The summed E-state index contributed by atoms with van der Waals surface area (Å²) in [6.45, 7) is 11.2. The van der Waals surface area contributed by atoms with E-state index in [-0.39, 0.29) is 0 Å². The monoisotopic (exact) mass is 168 g/mol. The second-order valence-corrected chi connectivity index (χ2v) is 4.84. The summed E-state index contributed by atoms with van der Waals surface area (Å²) in [7, 11) is 0. The van der Waals surface area contributed by atoms with Gasteiger partial charge in [-0.2, -0.15) is 0 Å². The average molecular weight is 168 g/mol. The van der Waals surface area contributed by atoms with Crippen molar-refractivity contribution in [2.24, 2.45) is 0 Å². The van der Waals surface area contributed by atoms with Crippen LogP contribution < -0.4 is 0 Å². The van der Waals surface area contributed by atoms with Crippen LogP contribution in [0.4, 0.5) is 0 Å². The molecule has 1 aromatic rings. The molecule has 62 valence electrons. The molecular weight excluding hydrogens is 152 g/mol. The van der Waals surface area contributed by atoms with Crippen LogP contribution in [0.25, 0.3) is 0 Å². The molecule has 0 nitrogen and oxygen atoms in total. The average Bonchev–Trinajstić information content (AvgIpc) is 2.07. The van der Waals surface area contributed by atoms with E-state index in [2.05, 4.69) is 34.6 Å². The fourth-order valence-electron chi connectivity index (χ4n) is 1.65. The van der Waals surface area contributed by atoms with Crippen molar-refractivity contribution in [2.75, 3.05) is 0 Å². The first-order valence-corrected chi connectivity index (χ1v) is 4.92. The first-order chi connectivity index (χ1) is 5.04. The standard InChI is InChI=1S/C10H16S/c1-6(2)10-7(3)8(4)11-9(10)5/h6H,1-5H3. The van der Waals surface area contributed by atoms with Crippen LogP contribution in [-0.2, 0) is 0 Å². The fraction of sp³-hybridized carbons (Fsp3) is 0.600. The van der Waals surface area contributed by atoms with Gasteiger partial charge in [0.05, 0.1) is 0 Å². The van der Waals surface area contributed by atoms with Crippen molar-refractivity contribution in [2.45, 2.75) is 40.5 Å². The van der Waals surface area contributed by atoms with Gasteiger partial charge in [-0.05, 0) is 37.8 Å². The minimum absolute atomic E-state index is 0.681. The lowest BCUT2D eigenvalue weighted by atomic mass is 9.99. The lowest BCUT2D eigenvalue weighted by Crippen LogP contribution is -1.89. The van der Waals surface area contributed by atoms with Crippen molar-refractivity contribution in [3.8, 4) is 0 Å². The normalized spacial score (nSPS) is 11.1. The summed E-state index contributed by atoms with van der Waals surface area (Å²) < 4.78 is 0. The van der Waals surface area contributed by atoms with E-state index in [0.717, 1.165) is 0 Å². The largest absolute Gasteiger partial charge is 0.145 e. The molecule has 0 aliphatic carbocycles. The molecule has 0 amide bonds. The summed E-state index contributed by atoms with van der Waals surface area (Å²) >= 11 is 1.92. The molecule has 0 spiro atoms. The summed E-state index contributed by atoms with van der Waals surface area (Å²) in [5.41, 5.74) is 3.06. The molecule has 1 heteroatoms. The van der Waals surface area contributed by atoms with Gasteiger partial charge in [0.15, 0.2) is 0 Å². The van der Waals surface area contributed by atoms with Crippen LogP contribution in [-0.4, -0.2) is 0 Å². The van der Waals surface area contributed by atoms with Crippen molar-refractivity contribution < 1.29 is 0 Å². The van der Waals surface area contributed by atoms with Crippen LogP contribution in [0.2, 0.25) is 0 Å². The van der Waals surface area contributed by atoms with Crippen LogP contribution >= 0.6 is 11.3 Å². The summed E-state index contributed by atoms with van der Waals surface area (Å²) in [6, 6.07) is 0. The second kappa shape index (κ2) is 2.98. The molecule has 1 heterocycles. The zero-order chi connectivity index (χ0) is 8.59. The maximum Gasteiger partial charge on any atom is 0.00543 e. The first-order valence-electron chi connectivity index (χ1n) is 4.10. The van der Waals surface area contributed by atoms with E-state index >= 15 is 0 Å². The van der Waals surface area contributed by atoms with Gasteiger partial charge in [-0.15, -0.1) is 11.3 Å². The highest BCUT2D eigenvalue weighted by atomic mass is 32.1. The molecule has 1 rings (SSSR count). The third-order valence-corrected chi connectivity index (χ3v) is 3.33. The number of hydrogen-bond donors (Lipinski definition) is 0. The van der Waals surface area contributed by atoms with Gasteiger partial charge in [0, 0.05) is 9.75 Å². The molecule has 0 unspecified atom stereocenters. The Kier molecular flexibility index (Phi) is 2.38. The molecule has 0 aromatic carbocycles. The van der Waals surface area contributed by atoms with Crippen molar-refractivity contribution in [3.05, 3.63) is 20.9 Å². The molecule has 0 N–H and O–H groups in total. The van der Waals surface area contributed by atoms with Gasteiger partial charge in [0.25, 0.3) is 0 Å². The highest BCUT2D eigenvalue weighted by Gasteiger charge is 2.11. The van der Waals surface area contributed by atoms with E-state index in [9.17, 15) is 0 Å². The van der Waals surface area contributed by atoms with Crippen molar-refractivity contribution >= 4 is 11.3 Å². The van der Waals surface area contributed by atoms with E-state index in [1.165, 1.54) is 15.3 Å². The summed E-state index contributed by atoms with van der Waals surface area (Å²) in [4.78, 5) is 2.97. The highest BCUT2D eigenvalue weighted by molar-refractivity contribution is 7.12. The molecule has 0 fully saturated rings. The quantitative estimate of drug-likeness (QED) is 0.598. The Hall–Kier alpha value is -0.300. The van der Waals surface area contributed by atoms with Gasteiger partial charge in [-0.25, -0.2) is 0 Å². The number of aryl methyl sites for hydroxylation is 2. The fourth-order valence-corrected chi connectivity index (χ4v) is 2.88. The molecule has 11 heavy (non-hydrogen) atoms. The number of rotatable bonds is 1. The van der Waals surface area contributed by atoms with Gasteiger partial charge < -0.3 is 0 Å². The third kappa shape index (κ3) is 1.48. The Bertz CT molecular complexity index is 256. The van der Waals surface area contributed by atoms with E-state index in [4.69, 9.17) is 0 Å². The molecule has 0 bridgehead atoms. The summed E-state index contributed by atoms with van der Waals surface area (Å²) in [5, 5.41) is 0. The van der Waals surface area contributed by atoms with Gasteiger partial charge in [0.2, 0.25) is 0 Å². The molecular formula is C10H16S. The minimum Gasteiger partial charge on any atom is -0.145 e. The number of thiophene rings is 1. The molecule has 0 atom stereocenters. The summed E-state index contributed by atoms with van der Waals surface area (Å²) in [5.74, 6) is 0.681. The first kappa shape index (κ1) is 8.79. The lowest BCUT2D eigenvalue weighted by molar-refractivity contribution is 0.854. The smallest absolute Gasteiger partial charge is 0.00543 e. The third-order valence-electron chi connectivity index (χ3n) is 2.19. The van der Waals surface area contributed by atoms with Crippen LogP contribution in [0, 0.1) is 20.8 Å². The molecule has 0 saturated carbocycles. The van der Waals surface area contributed by atoms with Crippen LogP contribution in [0.1, 0.15) is 40.6 Å². The van der Waals surface area contributed by atoms with Gasteiger partial charge >= 0.3 is 0 Å². The molecule has 0 radical (unpaired) electrons. The van der Waals surface area contributed by atoms with Crippen LogP contribution in [0.5, 0.6) is 0 Å². The molecule has 0 saturated heterocycles. The van der Waals surface area contributed by atoms with E-state index in [1.807, 2.05) is 11.3 Å². The molecule has 1 aromatic heterocycles. The van der Waals surface area contributed by atoms with E-state index < -0.39 is 0 Å². The maximum atomic E-state index is 2.27. The topological polar surface area (TPSA) is 0 Å². The van der Waals surface area contributed by atoms with E-state index in [0.29, 0.717) is 5.92 Å². The Morgan fingerprint density at radius 3 is 1.73 bits per heavy atom. The lowest BCUT2D eigenvalue weighted by Gasteiger charge is -2.05.